The van der Waals surface area contributed by atoms with Crippen molar-refractivity contribution in [2.75, 3.05) is 33.7 Å². The zero-order valence-corrected chi connectivity index (χ0v) is 13.5. The molecule has 0 atom stereocenters. The van der Waals surface area contributed by atoms with E-state index in [2.05, 4.69) is 29.5 Å². The minimum absolute atomic E-state index is 0.0245. The molecule has 1 rings (SSSR count). The molecule has 1 amide bonds. The minimum atomic E-state index is 0.0245. The van der Waals surface area contributed by atoms with E-state index in [1.165, 1.54) is 25.7 Å². The van der Waals surface area contributed by atoms with Gasteiger partial charge >= 0.3 is 0 Å². The van der Waals surface area contributed by atoms with Gasteiger partial charge in [0.2, 0.25) is 5.91 Å². The molecule has 0 aromatic rings. The fraction of sp³-hybridized carbons (Fsp3) is 0.867. The highest BCUT2D eigenvalue weighted by Gasteiger charge is 2.34. The summed E-state index contributed by atoms with van der Waals surface area (Å²) in [6.45, 7) is 6.41. The third-order valence-electron chi connectivity index (χ3n) is 4.21. The van der Waals surface area contributed by atoms with Crippen LogP contribution in [0, 0.1) is 5.41 Å². The van der Waals surface area contributed by atoms with Crippen LogP contribution in [0.2, 0.25) is 0 Å². The fourth-order valence-corrected chi connectivity index (χ4v) is 2.31. The predicted molar refractivity (Wildman–Crippen MR) is 83.9 cm³/mol. The van der Waals surface area contributed by atoms with Crippen LogP contribution in [0.5, 0.6) is 0 Å². The summed E-state index contributed by atoms with van der Waals surface area (Å²) in [5.74, 6) is 0.790. The Bertz CT molecular complexity index is 329. The third-order valence-corrected chi connectivity index (χ3v) is 4.21. The van der Waals surface area contributed by atoms with Gasteiger partial charge in [-0.05, 0) is 31.1 Å². The third kappa shape index (κ3) is 5.02. The predicted octanol–water partition coefficient (Wildman–Crippen LogP) is 1.60. The molecular formula is C15H30N4O. The van der Waals surface area contributed by atoms with E-state index in [-0.39, 0.29) is 12.5 Å². The molecule has 5 heteroatoms. The van der Waals surface area contributed by atoms with Crippen molar-refractivity contribution in [3.05, 3.63) is 0 Å². The summed E-state index contributed by atoms with van der Waals surface area (Å²) in [5, 5.41) is 6.69. The second kappa shape index (κ2) is 8.12. The number of guanidine groups is 1. The van der Waals surface area contributed by atoms with Crippen molar-refractivity contribution in [1.82, 2.24) is 15.5 Å². The maximum Gasteiger partial charge on any atom is 0.243 e. The number of hydrogen-bond acceptors (Lipinski definition) is 2. The maximum atomic E-state index is 11.6. The molecule has 0 saturated heterocycles. The Hall–Kier alpha value is -1.26. The van der Waals surface area contributed by atoms with E-state index in [4.69, 9.17) is 0 Å². The molecule has 0 bridgehead atoms. The van der Waals surface area contributed by atoms with Gasteiger partial charge in [0, 0.05) is 27.2 Å². The number of nitrogens with zero attached hydrogens (tertiary/aromatic N) is 2. The van der Waals surface area contributed by atoms with Crippen LogP contribution in [0.15, 0.2) is 4.99 Å². The number of hydrogen-bond donors (Lipinski definition) is 2. The molecule has 0 radical (unpaired) electrons. The Morgan fingerprint density at radius 3 is 2.40 bits per heavy atom. The van der Waals surface area contributed by atoms with Crippen molar-refractivity contribution in [3.63, 3.8) is 0 Å². The van der Waals surface area contributed by atoms with Crippen LogP contribution >= 0.6 is 0 Å². The standard InChI is InChI=1S/C15H30N4O/c1-5-10-16-14(17-11-13(20)19(3)4)18-12-15(6-2)8-7-9-15/h5-12H2,1-4H3,(H2,16,17,18). The number of amides is 1. The van der Waals surface area contributed by atoms with Crippen LogP contribution in [-0.4, -0.2) is 50.5 Å². The maximum absolute atomic E-state index is 11.6. The summed E-state index contributed by atoms with van der Waals surface area (Å²) in [6.07, 6.45) is 6.19. The lowest BCUT2D eigenvalue weighted by Gasteiger charge is -2.41. The van der Waals surface area contributed by atoms with Gasteiger partial charge in [0.1, 0.15) is 6.54 Å². The van der Waals surface area contributed by atoms with Crippen molar-refractivity contribution in [1.29, 1.82) is 0 Å². The number of aliphatic imine (C=N–C) groups is 1. The first-order valence-corrected chi connectivity index (χ1v) is 7.75. The van der Waals surface area contributed by atoms with Crippen LogP contribution in [0.3, 0.4) is 0 Å². The smallest absolute Gasteiger partial charge is 0.243 e. The first-order valence-electron chi connectivity index (χ1n) is 7.75. The Kier molecular flexibility index (Phi) is 6.82. The second-order valence-electron chi connectivity index (χ2n) is 5.94. The highest BCUT2D eigenvalue weighted by atomic mass is 16.2. The first-order chi connectivity index (χ1) is 9.53. The van der Waals surface area contributed by atoms with Gasteiger partial charge in [-0.15, -0.1) is 0 Å². The normalized spacial score (nSPS) is 17.3. The topological polar surface area (TPSA) is 56.7 Å². The van der Waals surface area contributed by atoms with Crippen LogP contribution in [0.4, 0.5) is 0 Å². The van der Waals surface area contributed by atoms with Gasteiger partial charge in [-0.1, -0.05) is 20.3 Å². The molecule has 0 aromatic carbocycles. The molecule has 0 heterocycles. The molecule has 0 aliphatic heterocycles. The van der Waals surface area contributed by atoms with Gasteiger partial charge < -0.3 is 15.5 Å². The molecule has 0 unspecified atom stereocenters. The SMILES string of the molecule is CCCNC(=NCC(=O)N(C)C)NCC1(CC)CCC1. The van der Waals surface area contributed by atoms with Gasteiger partial charge in [-0.2, -0.15) is 0 Å². The van der Waals surface area contributed by atoms with E-state index in [0.717, 1.165) is 25.5 Å². The second-order valence-corrected chi connectivity index (χ2v) is 5.94. The summed E-state index contributed by atoms with van der Waals surface area (Å²) in [6, 6.07) is 0. The van der Waals surface area contributed by atoms with E-state index in [0.29, 0.717) is 5.41 Å². The minimum Gasteiger partial charge on any atom is -0.356 e. The van der Waals surface area contributed by atoms with Gasteiger partial charge in [0.05, 0.1) is 0 Å². The monoisotopic (exact) mass is 282 g/mol. The Balaban J connectivity index is 2.50. The average Bonchev–Trinajstić information content (AvgIpc) is 2.39. The highest BCUT2D eigenvalue weighted by molar-refractivity contribution is 5.84. The lowest BCUT2D eigenvalue weighted by molar-refractivity contribution is -0.127. The highest BCUT2D eigenvalue weighted by Crippen LogP contribution is 2.42. The summed E-state index contributed by atoms with van der Waals surface area (Å²) >= 11 is 0. The Morgan fingerprint density at radius 1 is 1.25 bits per heavy atom. The first kappa shape index (κ1) is 16.8. The van der Waals surface area contributed by atoms with Gasteiger partial charge in [0.25, 0.3) is 0 Å². The summed E-state index contributed by atoms with van der Waals surface area (Å²) in [7, 11) is 3.51. The van der Waals surface area contributed by atoms with Crippen molar-refractivity contribution < 1.29 is 4.79 Å². The zero-order valence-electron chi connectivity index (χ0n) is 13.5. The molecule has 1 saturated carbocycles. The van der Waals surface area contributed by atoms with Crippen LogP contribution in [0.1, 0.15) is 46.0 Å². The van der Waals surface area contributed by atoms with Crippen LogP contribution < -0.4 is 10.6 Å². The quantitative estimate of drug-likeness (QED) is 0.551. The Labute approximate surface area is 123 Å². The lowest BCUT2D eigenvalue weighted by atomic mass is 9.67. The van der Waals surface area contributed by atoms with E-state index in [9.17, 15) is 4.79 Å². The van der Waals surface area contributed by atoms with Crippen molar-refractivity contribution in [3.8, 4) is 0 Å². The molecule has 0 aromatic heterocycles. The van der Waals surface area contributed by atoms with E-state index in [1.54, 1.807) is 19.0 Å². The van der Waals surface area contributed by atoms with E-state index >= 15 is 0 Å². The van der Waals surface area contributed by atoms with E-state index < -0.39 is 0 Å². The van der Waals surface area contributed by atoms with Crippen molar-refractivity contribution >= 4 is 11.9 Å². The molecule has 0 spiro atoms. The molecule has 116 valence electrons. The molecule has 1 aliphatic rings. The Morgan fingerprint density at radius 2 is 1.95 bits per heavy atom. The van der Waals surface area contributed by atoms with Crippen LogP contribution in [0.25, 0.3) is 0 Å². The van der Waals surface area contributed by atoms with Gasteiger partial charge in [0.15, 0.2) is 5.96 Å². The number of carbonyl (C=O) groups excluding carboxylic acids is 1. The molecule has 1 aliphatic carbocycles. The molecular weight excluding hydrogens is 252 g/mol. The number of likely N-dealkylation sites (N-methyl/N-ethyl adjacent to an activating group) is 1. The van der Waals surface area contributed by atoms with Crippen molar-refractivity contribution in [2.45, 2.75) is 46.0 Å². The molecule has 2 N–H and O–H groups in total. The molecule has 20 heavy (non-hydrogen) atoms. The van der Waals surface area contributed by atoms with E-state index in [1.807, 2.05) is 0 Å². The largest absolute Gasteiger partial charge is 0.356 e. The summed E-state index contributed by atoms with van der Waals surface area (Å²) in [4.78, 5) is 17.6. The van der Waals surface area contributed by atoms with Crippen molar-refractivity contribution in [2.24, 2.45) is 10.4 Å². The van der Waals surface area contributed by atoms with Crippen LogP contribution in [-0.2, 0) is 4.79 Å². The summed E-state index contributed by atoms with van der Waals surface area (Å²) in [5.41, 5.74) is 0.445. The summed E-state index contributed by atoms with van der Waals surface area (Å²) < 4.78 is 0. The van der Waals surface area contributed by atoms with Gasteiger partial charge in [-0.25, -0.2) is 4.99 Å². The van der Waals surface area contributed by atoms with Gasteiger partial charge in [-0.3, -0.25) is 4.79 Å². The average molecular weight is 282 g/mol. The number of rotatable bonds is 7. The molecule has 1 fully saturated rings. The number of carbonyl (C=O) groups is 1. The fourth-order valence-electron chi connectivity index (χ4n) is 2.31. The lowest BCUT2D eigenvalue weighted by Crippen LogP contribution is -2.46. The number of nitrogens with one attached hydrogen (secondary N) is 2. The zero-order chi connectivity index (χ0) is 15.0. The molecule has 5 nitrogen and oxygen atoms in total.